The van der Waals surface area contributed by atoms with Crippen molar-refractivity contribution in [3.05, 3.63) is 39.8 Å². The van der Waals surface area contributed by atoms with E-state index >= 15 is 0 Å². The number of aryl methyl sites for hydroxylation is 3. The quantitative estimate of drug-likeness (QED) is 0.510. The van der Waals surface area contributed by atoms with Gasteiger partial charge in [-0.3, -0.25) is 9.48 Å². The van der Waals surface area contributed by atoms with Crippen LogP contribution in [0.5, 0.6) is 0 Å². The summed E-state index contributed by atoms with van der Waals surface area (Å²) in [4.78, 5) is 20.5. The maximum Gasteiger partial charge on any atom is 0.460 e. The Morgan fingerprint density at radius 3 is 2.40 bits per heavy atom. The number of alkyl halides is 3. The summed E-state index contributed by atoms with van der Waals surface area (Å²) < 4.78 is 67.9. The van der Waals surface area contributed by atoms with Crippen molar-refractivity contribution in [3.63, 3.8) is 0 Å². The van der Waals surface area contributed by atoms with Crippen LogP contribution in [0.1, 0.15) is 31.5 Å². The summed E-state index contributed by atoms with van der Waals surface area (Å²) in [7, 11) is -2.38. The molecule has 0 radical (unpaired) electrons. The topological polar surface area (TPSA) is 104 Å². The summed E-state index contributed by atoms with van der Waals surface area (Å²) in [5.41, 5.74) is 2.32. The standard InChI is InChI=1S/C22H27F3N6O3S/c1-4-6-17-18-19(29(3)28-17)21(32)27-20(26-18)16-13-15(8-7-14(16)5-2)35(33,34)31-11-9-30(10-12-31)22(23,24)25/h7-8,13H,4-6,9-12H2,1-3H3,(H,26,27,32). The molecule has 9 nitrogen and oxygen atoms in total. The number of H-pyrrole nitrogens is 1. The van der Waals surface area contributed by atoms with Gasteiger partial charge in [0.15, 0.2) is 5.52 Å². The Kier molecular flexibility index (Phi) is 6.77. The highest BCUT2D eigenvalue weighted by molar-refractivity contribution is 7.89. The van der Waals surface area contributed by atoms with Gasteiger partial charge in [0.1, 0.15) is 11.3 Å². The Bertz CT molecular complexity index is 1410. The first-order chi connectivity index (χ1) is 16.5. The van der Waals surface area contributed by atoms with Crippen molar-refractivity contribution in [1.29, 1.82) is 0 Å². The Morgan fingerprint density at radius 2 is 1.80 bits per heavy atom. The minimum Gasteiger partial charge on any atom is -0.305 e. The molecule has 4 rings (SSSR count). The average molecular weight is 513 g/mol. The fourth-order valence-electron chi connectivity index (χ4n) is 4.36. The smallest absolute Gasteiger partial charge is 0.305 e. The zero-order valence-electron chi connectivity index (χ0n) is 19.7. The van der Waals surface area contributed by atoms with Gasteiger partial charge in [-0.15, -0.1) is 0 Å². The van der Waals surface area contributed by atoms with Gasteiger partial charge in [-0.25, -0.2) is 18.3 Å². The van der Waals surface area contributed by atoms with Gasteiger partial charge in [-0.1, -0.05) is 26.3 Å². The highest BCUT2D eigenvalue weighted by atomic mass is 32.2. The largest absolute Gasteiger partial charge is 0.460 e. The van der Waals surface area contributed by atoms with E-state index < -0.39 is 29.4 Å². The molecule has 0 amide bonds. The average Bonchev–Trinajstić information content (AvgIpc) is 3.13. The van der Waals surface area contributed by atoms with Gasteiger partial charge >= 0.3 is 6.30 Å². The second kappa shape index (κ2) is 9.36. The van der Waals surface area contributed by atoms with Gasteiger partial charge in [-0.05, 0) is 30.5 Å². The molecule has 35 heavy (non-hydrogen) atoms. The lowest BCUT2D eigenvalue weighted by Crippen LogP contribution is -2.53. The van der Waals surface area contributed by atoms with E-state index in [1.807, 2.05) is 13.8 Å². The molecule has 2 aromatic heterocycles. The fourth-order valence-corrected chi connectivity index (χ4v) is 5.80. The predicted molar refractivity (Wildman–Crippen MR) is 124 cm³/mol. The molecular formula is C22H27F3N6O3S. The minimum absolute atomic E-state index is 0.0622. The molecule has 0 spiro atoms. The molecule has 0 saturated carbocycles. The van der Waals surface area contributed by atoms with E-state index in [-0.39, 0.29) is 29.4 Å². The molecule has 0 aliphatic carbocycles. The number of hydrogen-bond donors (Lipinski definition) is 1. The highest BCUT2D eigenvalue weighted by Crippen LogP contribution is 2.29. The number of hydrogen-bond acceptors (Lipinski definition) is 6. The van der Waals surface area contributed by atoms with Crippen LogP contribution in [0.3, 0.4) is 0 Å². The minimum atomic E-state index is -4.50. The number of rotatable bonds is 6. The molecule has 0 unspecified atom stereocenters. The van der Waals surface area contributed by atoms with Gasteiger partial charge in [0, 0.05) is 38.8 Å². The van der Waals surface area contributed by atoms with Crippen LogP contribution in [0.15, 0.2) is 27.9 Å². The molecule has 1 aliphatic heterocycles. The van der Waals surface area contributed by atoms with Crippen LogP contribution in [0, 0.1) is 0 Å². The number of benzene rings is 1. The normalized spacial score (nSPS) is 16.3. The Hall–Kier alpha value is -2.77. The number of halogens is 3. The van der Waals surface area contributed by atoms with E-state index in [0.29, 0.717) is 40.0 Å². The lowest BCUT2D eigenvalue weighted by molar-refractivity contribution is -0.250. The maximum absolute atomic E-state index is 13.3. The summed E-state index contributed by atoms with van der Waals surface area (Å²) in [6, 6.07) is 4.52. The van der Waals surface area contributed by atoms with Crippen molar-refractivity contribution in [3.8, 4) is 11.4 Å². The molecule has 3 heterocycles. The van der Waals surface area contributed by atoms with Gasteiger partial charge in [0.25, 0.3) is 5.56 Å². The van der Waals surface area contributed by atoms with Crippen molar-refractivity contribution in [2.45, 2.75) is 44.3 Å². The first-order valence-electron chi connectivity index (χ1n) is 11.4. The van der Waals surface area contributed by atoms with Crippen molar-refractivity contribution in [2.75, 3.05) is 26.2 Å². The highest BCUT2D eigenvalue weighted by Gasteiger charge is 2.41. The molecule has 1 fully saturated rings. The molecule has 13 heteroatoms. The molecule has 1 saturated heterocycles. The van der Waals surface area contributed by atoms with Gasteiger partial charge in [0.2, 0.25) is 10.0 Å². The van der Waals surface area contributed by atoms with Crippen molar-refractivity contribution < 1.29 is 21.6 Å². The van der Waals surface area contributed by atoms with E-state index in [4.69, 9.17) is 0 Å². The zero-order chi connectivity index (χ0) is 25.5. The number of fused-ring (bicyclic) bond motifs is 1. The van der Waals surface area contributed by atoms with E-state index in [9.17, 15) is 26.4 Å². The van der Waals surface area contributed by atoms with Crippen LogP contribution in [0.4, 0.5) is 13.2 Å². The molecule has 1 N–H and O–H groups in total. The molecule has 190 valence electrons. The van der Waals surface area contributed by atoms with Crippen molar-refractivity contribution in [2.24, 2.45) is 7.05 Å². The number of sulfonamides is 1. The molecule has 3 aromatic rings. The number of nitrogens with zero attached hydrogens (tertiary/aromatic N) is 5. The molecule has 0 atom stereocenters. The van der Waals surface area contributed by atoms with Gasteiger partial charge in [-0.2, -0.15) is 22.6 Å². The van der Waals surface area contributed by atoms with E-state index in [1.54, 1.807) is 13.1 Å². The second-order valence-electron chi connectivity index (χ2n) is 8.46. The predicted octanol–water partition coefficient (Wildman–Crippen LogP) is 2.66. The molecule has 1 aromatic carbocycles. The van der Waals surface area contributed by atoms with Crippen LogP contribution in [-0.4, -0.2) is 69.9 Å². The summed E-state index contributed by atoms with van der Waals surface area (Å²) in [6.45, 7) is 2.47. The van der Waals surface area contributed by atoms with E-state index in [1.165, 1.54) is 16.8 Å². The third-order valence-corrected chi connectivity index (χ3v) is 8.10. The summed E-state index contributed by atoms with van der Waals surface area (Å²) in [5, 5.41) is 4.41. The Morgan fingerprint density at radius 1 is 1.11 bits per heavy atom. The SMILES string of the molecule is CCCc1nn(C)c2c(=O)[nH]c(-c3cc(S(=O)(=O)N4CCN(C(F)(F)F)CC4)ccc3CC)nc12. The summed E-state index contributed by atoms with van der Waals surface area (Å²) >= 11 is 0. The Labute approximate surface area is 200 Å². The van der Waals surface area contributed by atoms with Gasteiger partial charge in [0.05, 0.1) is 10.6 Å². The fraction of sp³-hybridized carbons (Fsp3) is 0.500. The van der Waals surface area contributed by atoms with Crippen LogP contribution >= 0.6 is 0 Å². The van der Waals surface area contributed by atoms with Crippen LogP contribution < -0.4 is 5.56 Å². The number of piperazine rings is 1. The van der Waals surface area contributed by atoms with Crippen LogP contribution in [0.2, 0.25) is 0 Å². The lowest BCUT2D eigenvalue weighted by atomic mass is 10.0. The Balaban J connectivity index is 1.76. The maximum atomic E-state index is 13.3. The second-order valence-corrected chi connectivity index (χ2v) is 10.4. The van der Waals surface area contributed by atoms with Crippen LogP contribution in [0.25, 0.3) is 22.4 Å². The van der Waals surface area contributed by atoms with Crippen LogP contribution in [-0.2, 0) is 29.9 Å². The third kappa shape index (κ3) is 4.71. The number of nitrogens with one attached hydrogen (secondary N) is 1. The molecule has 0 bridgehead atoms. The summed E-state index contributed by atoms with van der Waals surface area (Å²) in [6.07, 6.45) is -2.50. The third-order valence-electron chi connectivity index (χ3n) is 6.20. The first kappa shape index (κ1) is 25.3. The number of aromatic amines is 1. The summed E-state index contributed by atoms with van der Waals surface area (Å²) in [5.74, 6) is 0.226. The van der Waals surface area contributed by atoms with E-state index in [2.05, 4.69) is 15.1 Å². The van der Waals surface area contributed by atoms with Crippen molar-refractivity contribution >= 4 is 21.1 Å². The monoisotopic (exact) mass is 512 g/mol. The lowest BCUT2D eigenvalue weighted by Gasteiger charge is -2.34. The van der Waals surface area contributed by atoms with E-state index in [0.717, 1.165) is 16.3 Å². The molecule has 1 aliphatic rings. The number of aromatic nitrogens is 4. The van der Waals surface area contributed by atoms with Crippen molar-refractivity contribution in [1.82, 2.24) is 29.0 Å². The van der Waals surface area contributed by atoms with Gasteiger partial charge < -0.3 is 4.98 Å². The molecular weight excluding hydrogens is 485 g/mol. The zero-order valence-corrected chi connectivity index (χ0v) is 20.5. The first-order valence-corrected chi connectivity index (χ1v) is 12.8.